The number of nitrogens with two attached hydrogens (primary N) is 1. The zero-order chi connectivity index (χ0) is 20.8. The second kappa shape index (κ2) is 9.47. The van der Waals surface area contributed by atoms with Gasteiger partial charge in [0.2, 0.25) is 0 Å². The van der Waals surface area contributed by atoms with Gasteiger partial charge >= 0.3 is 5.97 Å². The second-order valence-electron chi connectivity index (χ2n) is 7.22. The molecule has 2 aromatic rings. The van der Waals surface area contributed by atoms with Crippen LogP contribution in [0.1, 0.15) is 30.5 Å². The van der Waals surface area contributed by atoms with Crippen LogP contribution in [-0.2, 0) is 16.0 Å². The Hall–Kier alpha value is -3.00. The number of aryl methyl sites for hydroxylation is 1. The summed E-state index contributed by atoms with van der Waals surface area (Å²) in [7, 11) is 1.68. The third kappa shape index (κ3) is 4.89. The van der Waals surface area contributed by atoms with Crippen LogP contribution >= 0.6 is 0 Å². The minimum atomic E-state index is -0.737. The standard InChI is InChI=1S/C21H27N5O3/c1-29-10-2-3-17-13-24-19(15-4-5-16(12-22)18(23)11-15)20(25-17)26-8-6-14(7-9-26)21(27)28/h4-5,11-14,22H,2-3,6-10,23H2,1H3,(H,27,28). The Morgan fingerprint density at radius 2 is 2.17 bits per heavy atom. The van der Waals surface area contributed by atoms with E-state index in [4.69, 9.17) is 20.9 Å². The highest BCUT2D eigenvalue weighted by Crippen LogP contribution is 2.32. The van der Waals surface area contributed by atoms with Gasteiger partial charge < -0.3 is 25.9 Å². The molecule has 0 atom stereocenters. The Morgan fingerprint density at radius 1 is 1.41 bits per heavy atom. The number of hydrogen-bond donors (Lipinski definition) is 3. The predicted molar refractivity (Wildman–Crippen MR) is 113 cm³/mol. The quantitative estimate of drug-likeness (QED) is 0.355. The van der Waals surface area contributed by atoms with E-state index in [1.807, 2.05) is 12.1 Å². The molecule has 0 radical (unpaired) electrons. The van der Waals surface area contributed by atoms with Gasteiger partial charge in [-0.25, -0.2) is 4.98 Å². The van der Waals surface area contributed by atoms with Crippen molar-refractivity contribution in [3.8, 4) is 11.3 Å². The Kier molecular flexibility index (Phi) is 6.77. The van der Waals surface area contributed by atoms with Crippen molar-refractivity contribution >= 4 is 23.7 Å². The number of piperidine rings is 1. The zero-order valence-electron chi connectivity index (χ0n) is 16.6. The van der Waals surface area contributed by atoms with Crippen molar-refractivity contribution in [1.29, 1.82) is 5.41 Å². The van der Waals surface area contributed by atoms with Gasteiger partial charge in [0.1, 0.15) is 5.69 Å². The predicted octanol–water partition coefficient (Wildman–Crippen LogP) is 2.60. The van der Waals surface area contributed by atoms with Crippen molar-refractivity contribution in [3.63, 3.8) is 0 Å². The van der Waals surface area contributed by atoms with Crippen molar-refractivity contribution in [2.45, 2.75) is 25.7 Å². The molecular weight excluding hydrogens is 370 g/mol. The number of hydrogen-bond acceptors (Lipinski definition) is 7. The summed E-state index contributed by atoms with van der Waals surface area (Å²) in [6, 6.07) is 5.49. The van der Waals surface area contributed by atoms with Gasteiger partial charge in [0, 0.05) is 56.0 Å². The molecule has 2 heterocycles. The number of aliphatic carboxylic acids is 1. The lowest BCUT2D eigenvalue weighted by Gasteiger charge is -2.32. The maximum absolute atomic E-state index is 11.3. The van der Waals surface area contributed by atoms with Gasteiger partial charge in [-0.2, -0.15) is 0 Å². The van der Waals surface area contributed by atoms with Crippen LogP contribution < -0.4 is 10.6 Å². The van der Waals surface area contributed by atoms with Crippen LogP contribution in [0.4, 0.5) is 11.5 Å². The Balaban J connectivity index is 1.93. The Morgan fingerprint density at radius 3 is 2.79 bits per heavy atom. The first-order valence-corrected chi connectivity index (χ1v) is 9.76. The van der Waals surface area contributed by atoms with Crippen molar-refractivity contribution in [1.82, 2.24) is 9.97 Å². The van der Waals surface area contributed by atoms with E-state index in [2.05, 4.69) is 9.88 Å². The van der Waals surface area contributed by atoms with Crippen LogP contribution in [0, 0.1) is 11.3 Å². The number of anilines is 2. The third-order valence-electron chi connectivity index (χ3n) is 5.24. The zero-order valence-corrected chi connectivity index (χ0v) is 16.6. The van der Waals surface area contributed by atoms with E-state index in [9.17, 15) is 9.90 Å². The largest absolute Gasteiger partial charge is 0.481 e. The maximum atomic E-state index is 11.3. The van der Waals surface area contributed by atoms with Crippen molar-refractivity contribution in [2.24, 2.45) is 5.92 Å². The van der Waals surface area contributed by atoms with E-state index in [-0.39, 0.29) is 5.92 Å². The van der Waals surface area contributed by atoms with Crippen LogP contribution in [0.2, 0.25) is 0 Å². The highest BCUT2D eigenvalue weighted by Gasteiger charge is 2.27. The Labute approximate surface area is 170 Å². The summed E-state index contributed by atoms with van der Waals surface area (Å²) in [5.41, 5.74) is 9.67. The van der Waals surface area contributed by atoms with Gasteiger partial charge in [-0.3, -0.25) is 9.78 Å². The summed E-state index contributed by atoms with van der Waals surface area (Å²) in [4.78, 5) is 22.9. The minimum absolute atomic E-state index is 0.310. The van der Waals surface area contributed by atoms with Crippen LogP contribution in [0.3, 0.4) is 0 Å². The number of methoxy groups -OCH3 is 1. The fourth-order valence-electron chi connectivity index (χ4n) is 3.55. The molecule has 8 nitrogen and oxygen atoms in total. The molecule has 1 aromatic carbocycles. The molecule has 1 aliphatic rings. The highest BCUT2D eigenvalue weighted by molar-refractivity contribution is 5.87. The molecular formula is C21H27N5O3. The van der Waals surface area contributed by atoms with E-state index in [1.54, 1.807) is 19.4 Å². The molecule has 1 aromatic heterocycles. The van der Waals surface area contributed by atoms with Gasteiger partial charge in [-0.1, -0.05) is 12.1 Å². The van der Waals surface area contributed by atoms with Crippen molar-refractivity contribution in [3.05, 3.63) is 35.7 Å². The first kappa shape index (κ1) is 20.7. The number of ether oxygens (including phenoxy) is 1. The summed E-state index contributed by atoms with van der Waals surface area (Å²) >= 11 is 0. The smallest absolute Gasteiger partial charge is 0.306 e. The summed E-state index contributed by atoms with van der Waals surface area (Å²) in [6.45, 7) is 1.90. The SMILES string of the molecule is COCCCc1cnc(-c2ccc(C=N)c(N)c2)c(N2CCC(C(=O)O)CC2)n1. The Bertz CT molecular complexity index is 879. The van der Waals surface area contributed by atoms with Crippen LogP contribution in [0.25, 0.3) is 11.3 Å². The molecule has 0 aliphatic carbocycles. The molecule has 4 N–H and O–H groups in total. The molecule has 1 fully saturated rings. The molecule has 29 heavy (non-hydrogen) atoms. The molecule has 8 heteroatoms. The number of aromatic nitrogens is 2. The third-order valence-corrected chi connectivity index (χ3v) is 5.24. The lowest BCUT2D eigenvalue weighted by molar-refractivity contribution is -0.142. The van der Waals surface area contributed by atoms with E-state index < -0.39 is 5.97 Å². The van der Waals surface area contributed by atoms with Gasteiger partial charge in [0.25, 0.3) is 0 Å². The lowest BCUT2D eigenvalue weighted by atomic mass is 9.96. The van der Waals surface area contributed by atoms with Gasteiger partial charge in [-0.15, -0.1) is 0 Å². The first-order valence-electron chi connectivity index (χ1n) is 9.76. The lowest BCUT2D eigenvalue weighted by Crippen LogP contribution is -2.37. The molecule has 0 unspecified atom stereocenters. The molecule has 0 saturated carbocycles. The molecule has 3 rings (SSSR count). The number of nitrogen functional groups attached to an aromatic ring is 1. The summed E-state index contributed by atoms with van der Waals surface area (Å²) in [5.74, 6) is -0.292. The second-order valence-corrected chi connectivity index (χ2v) is 7.22. The highest BCUT2D eigenvalue weighted by atomic mass is 16.5. The molecule has 154 valence electrons. The topological polar surface area (TPSA) is 125 Å². The van der Waals surface area contributed by atoms with E-state index in [0.29, 0.717) is 43.8 Å². The molecule has 0 spiro atoms. The first-order chi connectivity index (χ1) is 14.0. The van der Waals surface area contributed by atoms with E-state index >= 15 is 0 Å². The van der Waals surface area contributed by atoms with E-state index in [1.165, 1.54) is 6.21 Å². The van der Waals surface area contributed by atoms with Gasteiger partial charge in [0.15, 0.2) is 5.82 Å². The number of rotatable bonds is 8. The number of nitrogens with zero attached hydrogens (tertiary/aromatic N) is 3. The molecule has 1 aliphatic heterocycles. The molecule has 1 saturated heterocycles. The normalized spacial score (nSPS) is 14.7. The van der Waals surface area contributed by atoms with Crippen LogP contribution in [-0.4, -0.2) is 54.1 Å². The average Bonchev–Trinajstić information content (AvgIpc) is 2.74. The monoisotopic (exact) mass is 397 g/mol. The average molecular weight is 397 g/mol. The number of carboxylic acids is 1. The van der Waals surface area contributed by atoms with Crippen LogP contribution in [0.15, 0.2) is 24.4 Å². The summed E-state index contributed by atoms with van der Waals surface area (Å²) in [5, 5.41) is 16.7. The number of carboxylic acid groups (broad SMARTS) is 1. The van der Waals surface area contributed by atoms with E-state index in [0.717, 1.165) is 35.6 Å². The summed E-state index contributed by atoms with van der Waals surface area (Å²) < 4.78 is 5.13. The summed E-state index contributed by atoms with van der Waals surface area (Å²) in [6.07, 6.45) is 5.78. The number of benzene rings is 1. The van der Waals surface area contributed by atoms with Gasteiger partial charge in [-0.05, 0) is 31.7 Å². The number of nitrogens with one attached hydrogen (secondary N) is 1. The van der Waals surface area contributed by atoms with Crippen LogP contribution in [0.5, 0.6) is 0 Å². The molecule has 0 amide bonds. The molecule has 0 bridgehead atoms. The number of carbonyl (C=O) groups is 1. The van der Waals surface area contributed by atoms with Crippen molar-refractivity contribution < 1.29 is 14.6 Å². The fraction of sp³-hybridized carbons (Fsp3) is 0.429. The van der Waals surface area contributed by atoms with Gasteiger partial charge in [0.05, 0.1) is 11.6 Å². The maximum Gasteiger partial charge on any atom is 0.306 e. The minimum Gasteiger partial charge on any atom is -0.481 e. The van der Waals surface area contributed by atoms with Crippen molar-refractivity contribution in [2.75, 3.05) is 37.4 Å². The fourth-order valence-corrected chi connectivity index (χ4v) is 3.55.